The lowest BCUT2D eigenvalue weighted by Crippen LogP contribution is -2.16. The van der Waals surface area contributed by atoms with E-state index < -0.39 is 0 Å². The quantitative estimate of drug-likeness (QED) is 0.352. The number of ether oxygens (including phenoxy) is 1. The molecule has 4 nitrogen and oxygen atoms in total. The van der Waals surface area contributed by atoms with E-state index in [4.69, 9.17) is 4.74 Å². The van der Waals surface area contributed by atoms with E-state index in [2.05, 4.69) is 73.0 Å². The maximum Gasteiger partial charge on any atom is 0.251 e. The zero-order chi connectivity index (χ0) is 23.8. The van der Waals surface area contributed by atoms with Crippen molar-refractivity contribution in [3.05, 3.63) is 89.0 Å². The fourth-order valence-corrected chi connectivity index (χ4v) is 4.08. The Hall–Kier alpha value is -3.37. The number of nitrogens with one attached hydrogen (secondary N) is 2. The summed E-state index contributed by atoms with van der Waals surface area (Å²) in [7, 11) is 0. The summed E-state index contributed by atoms with van der Waals surface area (Å²) in [4.78, 5) is 13.0. The molecule has 3 aromatic rings. The summed E-state index contributed by atoms with van der Waals surface area (Å²) in [6, 6.07) is 22.7. The molecule has 0 aromatic heterocycles. The number of amides is 1. The summed E-state index contributed by atoms with van der Waals surface area (Å²) in [6.07, 6.45) is 6.23. The summed E-state index contributed by atoms with van der Waals surface area (Å²) in [5, 5.41) is 6.52. The second-order valence-electron chi connectivity index (χ2n) is 8.92. The summed E-state index contributed by atoms with van der Waals surface area (Å²) >= 11 is 0. The van der Waals surface area contributed by atoms with E-state index in [1.807, 2.05) is 24.3 Å². The number of aryl methyl sites for hydroxylation is 1. The van der Waals surface area contributed by atoms with Gasteiger partial charge in [0.1, 0.15) is 5.75 Å². The number of carbonyl (C=O) groups is 1. The van der Waals surface area contributed by atoms with Crippen LogP contribution in [0.25, 0.3) is 17.2 Å². The van der Waals surface area contributed by atoms with Crippen LogP contribution >= 0.6 is 0 Å². The Bertz CT molecular complexity index is 1130. The molecule has 176 valence electrons. The van der Waals surface area contributed by atoms with Gasteiger partial charge in [-0.1, -0.05) is 67.8 Å². The summed E-state index contributed by atoms with van der Waals surface area (Å²) in [5.41, 5.74) is 7.17. The number of unbranched alkanes of at least 4 members (excludes halogenated alkanes) is 2. The van der Waals surface area contributed by atoms with Crippen LogP contribution < -0.4 is 15.4 Å². The molecule has 4 heteroatoms. The fraction of sp³-hybridized carbons (Fsp3) is 0.300. The van der Waals surface area contributed by atoms with Crippen molar-refractivity contribution in [2.24, 2.45) is 0 Å². The van der Waals surface area contributed by atoms with Gasteiger partial charge in [0, 0.05) is 29.8 Å². The molecular formula is C30H34N2O2. The van der Waals surface area contributed by atoms with Crippen molar-refractivity contribution in [1.29, 1.82) is 0 Å². The first kappa shape index (κ1) is 23.8. The lowest BCUT2D eigenvalue weighted by molar-refractivity contribution is -0.113. The van der Waals surface area contributed by atoms with Crippen molar-refractivity contribution < 1.29 is 9.53 Å². The van der Waals surface area contributed by atoms with Crippen molar-refractivity contribution >= 4 is 17.7 Å². The molecule has 0 saturated heterocycles. The summed E-state index contributed by atoms with van der Waals surface area (Å²) in [6.45, 7) is 6.67. The third-order valence-electron chi connectivity index (χ3n) is 6.14. The third-order valence-corrected chi connectivity index (χ3v) is 6.14. The van der Waals surface area contributed by atoms with E-state index in [0.29, 0.717) is 13.0 Å². The van der Waals surface area contributed by atoms with Crippen LogP contribution in [0.15, 0.2) is 72.3 Å². The molecule has 0 unspecified atom stereocenters. The van der Waals surface area contributed by atoms with Gasteiger partial charge in [0.15, 0.2) is 0 Å². The van der Waals surface area contributed by atoms with Crippen molar-refractivity contribution in [3.8, 4) is 16.9 Å². The van der Waals surface area contributed by atoms with Crippen LogP contribution in [-0.4, -0.2) is 19.1 Å². The third kappa shape index (κ3) is 6.36. The van der Waals surface area contributed by atoms with Crippen LogP contribution in [0, 0.1) is 6.92 Å². The monoisotopic (exact) mass is 454 g/mol. The maximum absolute atomic E-state index is 13.0. The van der Waals surface area contributed by atoms with Crippen molar-refractivity contribution in [2.45, 2.75) is 46.1 Å². The van der Waals surface area contributed by atoms with Crippen molar-refractivity contribution in [3.63, 3.8) is 0 Å². The number of anilines is 1. The second-order valence-corrected chi connectivity index (χ2v) is 8.92. The highest BCUT2D eigenvalue weighted by atomic mass is 16.5. The van der Waals surface area contributed by atoms with Gasteiger partial charge in [-0.3, -0.25) is 4.79 Å². The van der Waals surface area contributed by atoms with E-state index in [9.17, 15) is 4.79 Å². The largest absolute Gasteiger partial charge is 0.493 e. The molecule has 1 heterocycles. The molecule has 0 aliphatic carbocycles. The van der Waals surface area contributed by atoms with Crippen LogP contribution in [0.5, 0.6) is 5.75 Å². The number of rotatable bonds is 9. The first-order chi connectivity index (χ1) is 16.6. The van der Waals surface area contributed by atoms with Crippen LogP contribution in [0.4, 0.5) is 5.69 Å². The number of hydrogen-bond donors (Lipinski definition) is 2. The molecule has 4 rings (SSSR count). The SMILES string of the molecule is CCCCCNCc1ccc(NC(=O)C2=Cc3cc(-c4ccc(C)cc4)ccc3OCC2)cc1. The highest BCUT2D eigenvalue weighted by molar-refractivity contribution is 6.07. The van der Waals surface area contributed by atoms with Gasteiger partial charge in [-0.15, -0.1) is 0 Å². The summed E-state index contributed by atoms with van der Waals surface area (Å²) in [5.74, 6) is 0.733. The van der Waals surface area contributed by atoms with Gasteiger partial charge >= 0.3 is 0 Å². The molecule has 0 saturated carbocycles. The maximum atomic E-state index is 13.0. The predicted octanol–water partition coefficient (Wildman–Crippen LogP) is 6.75. The Labute approximate surface area is 203 Å². The number of benzene rings is 3. The molecule has 1 aliphatic heterocycles. The Morgan fingerprint density at radius 2 is 1.71 bits per heavy atom. The van der Waals surface area contributed by atoms with Gasteiger partial charge in [-0.25, -0.2) is 0 Å². The van der Waals surface area contributed by atoms with Gasteiger partial charge in [0.2, 0.25) is 0 Å². The molecule has 0 spiro atoms. The standard InChI is InChI=1S/C30H34N2O2/c1-3-4-5-17-31-21-23-8-13-28(14-9-23)32-30(33)26-16-18-34-29-15-12-25(19-27(29)20-26)24-10-6-22(2)7-11-24/h6-15,19-20,31H,3-5,16-18,21H2,1-2H3,(H,32,33). The minimum Gasteiger partial charge on any atom is -0.493 e. The van der Waals surface area contributed by atoms with Gasteiger partial charge in [-0.05, 0) is 66.9 Å². The highest BCUT2D eigenvalue weighted by Gasteiger charge is 2.16. The topological polar surface area (TPSA) is 50.4 Å². The molecule has 1 aliphatic rings. The van der Waals surface area contributed by atoms with Gasteiger partial charge in [0.05, 0.1) is 6.61 Å². The van der Waals surface area contributed by atoms with Crippen LogP contribution in [-0.2, 0) is 11.3 Å². The van der Waals surface area contributed by atoms with E-state index in [0.717, 1.165) is 46.8 Å². The number of hydrogen-bond acceptors (Lipinski definition) is 3. The molecule has 1 amide bonds. The predicted molar refractivity (Wildman–Crippen MR) is 141 cm³/mol. The number of carbonyl (C=O) groups excluding carboxylic acids is 1. The van der Waals surface area contributed by atoms with Crippen LogP contribution in [0.2, 0.25) is 0 Å². The fourth-order valence-electron chi connectivity index (χ4n) is 4.08. The molecule has 34 heavy (non-hydrogen) atoms. The number of fused-ring (bicyclic) bond motifs is 1. The van der Waals surface area contributed by atoms with E-state index in [1.54, 1.807) is 0 Å². The summed E-state index contributed by atoms with van der Waals surface area (Å²) < 4.78 is 5.93. The zero-order valence-electron chi connectivity index (χ0n) is 20.2. The minimum absolute atomic E-state index is 0.0809. The van der Waals surface area contributed by atoms with Crippen LogP contribution in [0.1, 0.15) is 49.3 Å². The Morgan fingerprint density at radius 3 is 2.47 bits per heavy atom. The van der Waals surface area contributed by atoms with Crippen molar-refractivity contribution in [1.82, 2.24) is 5.32 Å². The molecule has 3 aromatic carbocycles. The van der Waals surface area contributed by atoms with E-state index in [-0.39, 0.29) is 5.91 Å². The van der Waals surface area contributed by atoms with E-state index >= 15 is 0 Å². The molecule has 0 radical (unpaired) electrons. The van der Waals surface area contributed by atoms with Gasteiger partial charge < -0.3 is 15.4 Å². The zero-order valence-corrected chi connectivity index (χ0v) is 20.2. The Balaban J connectivity index is 1.42. The van der Waals surface area contributed by atoms with Crippen LogP contribution in [0.3, 0.4) is 0 Å². The average Bonchev–Trinajstić information content (AvgIpc) is 3.07. The molecule has 0 atom stereocenters. The minimum atomic E-state index is -0.0809. The highest BCUT2D eigenvalue weighted by Crippen LogP contribution is 2.31. The second kappa shape index (κ2) is 11.7. The lowest BCUT2D eigenvalue weighted by Gasteiger charge is -2.09. The molecule has 0 bridgehead atoms. The Morgan fingerprint density at radius 1 is 0.941 bits per heavy atom. The normalized spacial score (nSPS) is 12.8. The lowest BCUT2D eigenvalue weighted by atomic mass is 10.00. The van der Waals surface area contributed by atoms with E-state index in [1.165, 1.54) is 30.4 Å². The Kier molecular flexibility index (Phi) is 8.16. The smallest absolute Gasteiger partial charge is 0.251 e. The average molecular weight is 455 g/mol. The first-order valence-corrected chi connectivity index (χ1v) is 12.3. The molecule has 0 fully saturated rings. The van der Waals surface area contributed by atoms with Crippen molar-refractivity contribution in [2.75, 3.05) is 18.5 Å². The molecule has 2 N–H and O–H groups in total. The van der Waals surface area contributed by atoms with Gasteiger partial charge in [-0.2, -0.15) is 0 Å². The first-order valence-electron chi connectivity index (χ1n) is 12.3. The van der Waals surface area contributed by atoms with Gasteiger partial charge in [0.25, 0.3) is 5.91 Å². The molecular weight excluding hydrogens is 420 g/mol.